The summed E-state index contributed by atoms with van der Waals surface area (Å²) in [4.78, 5) is 26.1. The predicted molar refractivity (Wildman–Crippen MR) is 122 cm³/mol. The van der Waals surface area contributed by atoms with Gasteiger partial charge in [-0.3, -0.25) is 15.0 Å². The van der Waals surface area contributed by atoms with Crippen molar-refractivity contribution in [1.82, 2.24) is 4.90 Å². The van der Waals surface area contributed by atoms with Crippen LogP contribution in [0.2, 0.25) is 0 Å². The molecular weight excluding hydrogens is 432 g/mol. The van der Waals surface area contributed by atoms with Crippen LogP contribution in [0.4, 0.5) is 10.5 Å². The molecule has 3 aliphatic heterocycles. The molecule has 0 unspecified atom stereocenters. The molecule has 2 N–H and O–H groups in total. The summed E-state index contributed by atoms with van der Waals surface area (Å²) < 4.78 is 11.5. The van der Waals surface area contributed by atoms with E-state index >= 15 is 0 Å². The molecule has 0 aromatic heterocycles. The van der Waals surface area contributed by atoms with Gasteiger partial charge in [-0.2, -0.15) is 0 Å². The van der Waals surface area contributed by atoms with E-state index in [0.717, 1.165) is 29.5 Å². The fourth-order valence-corrected chi connectivity index (χ4v) is 5.06. The number of epoxide rings is 1. The zero-order valence-electron chi connectivity index (χ0n) is 17.8. The summed E-state index contributed by atoms with van der Waals surface area (Å²) in [6.45, 7) is 0. The van der Waals surface area contributed by atoms with Gasteiger partial charge in [-0.05, 0) is 30.7 Å². The van der Waals surface area contributed by atoms with Gasteiger partial charge in [0.05, 0.1) is 5.69 Å². The van der Waals surface area contributed by atoms with Gasteiger partial charge in [0, 0.05) is 36.9 Å². The average molecular weight is 459 g/mol. The van der Waals surface area contributed by atoms with Crippen LogP contribution in [0, 0.1) is 0 Å². The first-order chi connectivity index (χ1) is 15.0. The normalized spacial score (nSPS) is 27.7. The third-order valence-electron chi connectivity index (χ3n) is 6.68. The SMILES string of the molecule is CN1[C@@H]2C[C@@H](OC(=O)Nc3cc(CCC(=O)O)ccc3-c3ccccc3)C[C@H]1[C@@H]1O[C@@H]12.Cl. The van der Waals surface area contributed by atoms with E-state index in [9.17, 15) is 9.59 Å². The number of benzene rings is 2. The molecule has 3 saturated heterocycles. The highest BCUT2D eigenvalue weighted by Gasteiger charge is 2.62. The van der Waals surface area contributed by atoms with Crippen LogP contribution in [0.1, 0.15) is 24.8 Å². The van der Waals surface area contributed by atoms with Crippen LogP contribution in [-0.4, -0.2) is 59.5 Å². The van der Waals surface area contributed by atoms with E-state index in [0.29, 0.717) is 36.4 Å². The molecule has 2 bridgehead atoms. The van der Waals surface area contributed by atoms with Crippen molar-refractivity contribution in [3.05, 3.63) is 54.1 Å². The number of rotatable bonds is 6. The summed E-state index contributed by atoms with van der Waals surface area (Å²) in [6, 6.07) is 16.1. The van der Waals surface area contributed by atoms with Crippen molar-refractivity contribution in [2.24, 2.45) is 0 Å². The van der Waals surface area contributed by atoms with Crippen molar-refractivity contribution in [2.75, 3.05) is 12.4 Å². The number of anilines is 1. The van der Waals surface area contributed by atoms with Crippen molar-refractivity contribution in [3.8, 4) is 11.1 Å². The molecule has 3 heterocycles. The maximum atomic E-state index is 12.8. The molecule has 32 heavy (non-hydrogen) atoms. The average Bonchev–Trinajstić information content (AvgIpc) is 3.51. The van der Waals surface area contributed by atoms with Gasteiger partial charge in [-0.15, -0.1) is 12.4 Å². The zero-order chi connectivity index (χ0) is 21.5. The van der Waals surface area contributed by atoms with Crippen LogP contribution in [0.3, 0.4) is 0 Å². The summed E-state index contributed by atoms with van der Waals surface area (Å²) in [5.74, 6) is -0.847. The number of likely N-dealkylation sites (N-methyl/N-ethyl adjacent to an activating group) is 1. The number of ether oxygens (including phenoxy) is 2. The molecular formula is C24H27ClN2O5. The maximum Gasteiger partial charge on any atom is 0.411 e. The molecule has 0 saturated carbocycles. The monoisotopic (exact) mass is 458 g/mol. The molecule has 0 aliphatic carbocycles. The number of aliphatic carboxylic acids is 1. The first kappa shape index (κ1) is 22.6. The number of carbonyl (C=O) groups excluding carboxylic acids is 1. The molecule has 5 atom stereocenters. The van der Waals surface area contributed by atoms with Gasteiger partial charge in [0.2, 0.25) is 0 Å². The van der Waals surface area contributed by atoms with Gasteiger partial charge < -0.3 is 14.6 Å². The van der Waals surface area contributed by atoms with E-state index in [1.54, 1.807) is 0 Å². The lowest BCUT2D eigenvalue weighted by Gasteiger charge is -2.37. The first-order valence-electron chi connectivity index (χ1n) is 10.7. The summed E-state index contributed by atoms with van der Waals surface area (Å²) in [5.41, 5.74) is 3.32. The minimum atomic E-state index is -0.847. The number of halogens is 1. The summed E-state index contributed by atoms with van der Waals surface area (Å²) in [6.07, 6.45) is 1.99. The molecule has 0 radical (unpaired) electrons. The second kappa shape index (κ2) is 9.10. The molecule has 0 spiro atoms. The molecule has 5 rings (SSSR count). The predicted octanol–water partition coefficient (Wildman–Crippen LogP) is 3.95. The van der Waals surface area contributed by atoms with Crippen LogP contribution < -0.4 is 5.32 Å². The Balaban J connectivity index is 0.00000245. The molecule has 1 amide bonds. The Morgan fingerprint density at radius 3 is 2.47 bits per heavy atom. The van der Waals surface area contributed by atoms with Crippen LogP contribution >= 0.6 is 12.4 Å². The number of nitrogens with zero attached hydrogens (tertiary/aromatic N) is 1. The highest BCUT2D eigenvalue weighted by atomic mass is 35.5. The second-order valence-electron chi connectivity index (χ2n) is 8.63. The number of carboxylic acids is 1. The van der Waals surface area contributed by atoms with Gasteiger partial charge in [0.1, 0.15) is 18.3 Å². The summed E-state index contributed by atoms with van der Waals surface area (Å²) in [5, 5.41) is 11.9. The maximum absolute atomic E-state index is 12.8. The van der Waals surface area contributed by atoms with Gasteiger partial charge in [0.25, 0.3) is 0 Å². The first-order valence-corrected chi connectivity index (χ1v) is 10.7. The molecule has 8 heteroatoms. The van der Waals surface area contributed by atoms with E-state index < -0.39 is 12.1 Å². The van der Waals surface area contributed by atoms with Crippen molar-refractivity contribution in [3.63, 3.8) is 0 Å². The molecule has 3 fully saturated rings. The Labute approximate surface area is 193 Å². The molecule has 7 nitrogen and oxygen atoms in total. The fourth-order valence-electron chi connectivity index (χ4n) is 5.06. The highest BCUT2D eigenvalue weighted by Crippen LogP contribution is 2.48. The number of carbonyl (C=O) groups is 2. The van der Waals surface area contributed by atoms with E-state index in [2.05, 4.69) is 17.3 Å². The number of fused-ring (bicyclic) bond motifs is 5. The standard InChI is InChI=1S/C24H26N2O5.ClH/c1-26-19-12-16(13-20(26)23-22(19)31-23)30-24(29)25-18-11-14(8-10-21(27)28)7-9-17(18)15-5-3-2-4-6-15;/h2-7,9,11,16,19-20,22-23H,8,10,12-13H2,1H3,(H,25,29)(H,27,28);1H/t16-,19-,20+,22-,23+;. The molecule has 170 valence electrons. The minimum absolute atomic E-state index is 0. The lowest BCUT2D eigenvalue weighted by molar-refractivity contribution is -0.136. The Morgan fingerprint density at radius 1 is 1.12 bits per heavy atom. The Bertz CT molecular complexity index is 983. The smallest absolute Gasteiger partial charge is 0.411 e. The number of nitrogens with one attached hydrogen (secondary N) is 1. The van der Waals surface area contributed by atoms with Gasteiger partial charge in [-0.25, -0.2) is 4.79 Å². The van der Waals surface area contributed by atoms with Crippen LogP contribution in [0.5, 0.6) is 0 Å². The zero-order valence-corrected chi connectivity index (χ0v) is 18.6. The van der Waals surface area contributed by atoms with E-state index in [4.69, 9.17) is 14.6 Å². The summed E-state index contributed by atoms with van der Waals surface area (Å²) in [7, 11) is 2.12. The Hall–Kier alpha value is -2.61. The molecule has 2 aromatic rings. The number of morpholine rings is 1. The third kappa shape index (κ3) is 4.46. The van der Waals surface area contributed by atoms with E-state index in [-0.39, 0.29) is 24.9 Å². The second-order valence-corrected chi connectivity index (χ2v) is 8.63. The number of amides is 1. The van der Waals surface area contributed by atoms with Crippen LogP contribution in [0.25, 0.3) is 11.1 Å². The number of hydrogen-bond donors (Lipinski definition) is 2. The largest absolute Gasteiger partial charge is 0.481 e. The lowest BCUT2D eigenvalue weighted by atomic mass is 9.99. The lowest BCUT2D eigenvalue weighted by Crippen LogP contribution is -2.48. The number of piperidine rings is 1. The molecule has 2 aromatic carbocycles. The Kier molecular flexibility index (Phi) is 6.42. The van der Waals surface area contributed by atoms with Gasteiger partial charge in [0.15, 0.2) is 0 Å². The number of hydrogen-bond acceptors (Lipinski definition) is 5. The van der Waals surface area contributed by atoms with Crippen molar-refractivity contribution >= 4 is 30.2 Å². The fraction of sp³-hybridized carbons (Fsp3) is 0.417. The van der Waals surface area contributed by atoms with Crippen molar-refractivity contribution in [1.29, 1.82) is 0 Å². The van der Waals surface area contributed by atoms with Crippen LogP contribution in [-0.2, 0) is 20.7 Å². The van der Waals surface area contributed by atoms with Crippen molar-refractivity contribution < 1.29 is 24.2 Å². The topological polar surface area (TPSA) is 91.4 Å². The summed E-state index contributed by atoms with van der Waals surface area (Å²) >= 11 is 0. The molecule has 3 aliphatic rings. The quantitative estimate of drug-likeness (QED) is 0.637. The Morgan fingerprint density at radius 2 is 1.81 bits per heavy atom. The highest BCUT2D eigenvalue weighted by molar-refractivity contribution is 5.92. The van der Waals surface area contributed by atoms with Gasteiger partial charge in [-0.1, -0.05) is 42.5 Å². The van der Waals surface area contributed by atoms with E-state index in [1.807, 2.05) is 48.5 Å². The number of aryl methyl sites for hydroxylation is 1. The van der Waals surface area contributed by atoms with Gasteiger partial charge >= 0.3 is 12.1 Å². The third-order valence-corrected chi connectivity index (χ3v) is 6.68. The minimum Gasteiger partial charge on any atom is -0.481 e. The van der Waals surface area contributed by atoms with Crippen molar-refractivity contribution in [2.45, 2.75) is 56.1 Å². The number of carboxylic acid groups (broad SMARTS) is 1. The van der Waals surface area contributed by atoms with E-state index in [1.165, 1.54) is 0 Å². The van der Waals surface area contributed by atoms with Crippen LogP contribution in [0.15, 0.2) is 48.5 Å².